The smallest absolute Gasteiger partial charge is 0.0650 e. The highest BCUT2D eigenvalue weighted by molar-refractivity contribution is 5.48. The van der Waals surface area contributed by atoms with E-state index in [-0.39, 0.29) is 0 Å². The van der Waals surface area contributed by atoms with Crippen molar-refractivity contribution >= 4 is 6.08 Å². The largest absolute Gasteiger partial charge is 0.377 e. The molecule has 1 aromatic rings. The molecule has 0 aromatic heterocycles. The Morgan fingerprint density at radius 1 is 1.06 bits per heavy atom. The van der Waals surface area contributed by atoms with Crippen LogP contribution >= 0.6 is 0 Å². The molecule has 2 heteroatoms. The molecule has 0 aliphatic rings. The molecule has 0 spiro atoms. The lowest BCUT2D eigenvalue weighted by Crippen LogP contribution is -2.00. The minimum absolute atomic E-state index is 0.692. The molecule has 0 aliphatic heterocycles. The van der Waals surface area contributed by atoms with Gasteiger partial charge in [-0.05, 0) is 31.4 Å². The van der Waals surface area contributed by atoms with E-state index >= 15 is 0 Å². The first-order valence-corrected chi connectivity index (χ1v) is 5.93. The second-order valence-electron chi connectivity index (χ2n) is 3.74. The van der Waals surface area contributed by atoms with Crippen molar-refractivity contribution in [2.75, 3.05) is 19.8 Å². The third-order valence-corrected chi connectivity index (χ3v) is 2.32. The zero-order chi connectivity index (χ0) is 11.5. The van der Waals surface area contributed by atoms with Gasteiger partial charge < -0.3 is 10.5 Å². The van der Waals surface area contributed by atoms with Gasteiger partial charge in [0.25, 0.3) is 0 Å². The van der Waals surface area contributed by atoms with Crippen LogP contribution in [0.25, 0.3) is 6.08 Å². The Hall–Kier alpha value is -1.12. The zero-order valence-corrected chi connectivity index (χ0v) is 9.77. The summed E-state index contributed by atoms with van der Waals surface area (Å²) in [5.41, 5.74) is 6.62. The van der Waals surface area contributed by atoms with Gasteiger partial charge in [0, 0.05) is 6.61 Å². The van der Waals surface area contributed by atoms with Crippen LogP contribution in [0.4, 0.5) is 0 Å². The average molecular weight is 219 g/mol. The molecule has 0 saturated heterocycles. The van der Waals surface area contributed by atoms with Crippen LogP contribution < -0.4 is 5.73 Å². The van der Waals surface area contributed by atoms with Gasteiger partial charge in [0.15, 0.2) is 0 Å². The Kier molecular flexibility index (Phi) is 7.39. The van der Waals surface area contributed by atoms with Gasteiger partial charge in [0.05, 0.1) is 6.61 Å². The molecule has 2 nitrogen and oxygen atoms in total. The summed E-state index contributed by atoms with van der Waals surface area (Å²) in [5.74, 6) is 0. The molecule has 88 valence electrons. The zero-order valence-electron chi connectivity index (χ0n) is 9.77. The van der Waals surface area contributed by atoms with Crippen LogP contribution in [-0.4, -0.2) is 19.8 Å². The van der Waals surface area contributed by atoms with Crippen LogP contribution in [0, 0.1) is 0 Å². The molecule has 1 rings (SSSR count). The Morgan fingerprint density at radius 3 is 2.62 bits per heavy atom. The number of unbranched alkanes of at least 4 members (excludes halogenated alkanes) is 2. The molecular weight excluding hydrogens is 198 g/mol. The lowest BCUT2D eigenvalue weighted by molar-refractivity contribution is 0.158. The molecule has 1 aromatic carbocycles. The molecule has 0 fully saturated rings. The third kappa shape index (κ3) is 6.38. The van der Waals surface area contributed by atoms with Crippen LogP contribution in [0.15, 0.2) is 36.4 Å². The van der Waals surface area contributed by atoms with Gasteiger partial charge in [-0.25, -0.2) is 0 Å². The van der Waals surface area contributed by atoms with Crippen LogP contribution in [0.5, 0.6) is 0 Å². The molecular formula is C14H21NO. The van der Waals surface area contributed by atoms with Gasteiger partial charge in [-0.2, -0.15) is 0 Å². The molecule has 0 saturated carbocycles. The second kappa shape index (κ2) is 9.13. The topological polar surface area (TPSA) is 35.2 Å². The maximum atomic E-state index is 5.47. The quantitative estimate of drug-likeness (QED) is 0.682. The maximum Gasteiger partial charge on any atom is 0.0650 e. The normalized spacial score (nSPS) is 11.1. The first kappa shape index (κ1) is 12.9. The van der Waals surface area contributed by atoms with Crippen molar-refractivity contribution in [3.05, 3.63) is 42.0 Å². The van der Waals surface area contributed by atoms with E-state index in [1.807, 2.05) is 18.2 Å². The molecule has 0 radical (unpaired) electrons. The van der Waals surface area contributed by atoms with Gasteiger partial charge >= 0.3 is 0 Å². The predicted octanol–water partition coefficient (Wildman–Crippen LogP) is 2.85. The molecule has 0 bridgehead atoms. The molecule has 16 heavy (non-hydrogen) atoms. The fourth-order valence-electron chi connectivity index (χ4n) is 1.42. The first-order chi connectivity index (χ1) is 7.93. The Morgan fingerprint density at radius 2 is 1.88 bits per heavy atom. The monoisotopic (exact) mass is 219 g/mol. The predicted molar refractivity (Wildman–Crippen MR) is 69.2 cm³/mol. The third-order valence-electron chi connectivity index (χ3n) is 2.32. The molecule has 0 aliphatic carbocycles. The highest BCUT2D eigenvalue weighted by Crippen LogP contribution is 2.01. The molecule has 0 atom stereocenters. The lowest BCUT2D eigenvalue weighted by Gasteiger charge is -2.00. The van der Waals surface area contributed by atoms with E-state index in [4.69, 9.17) is 10.5 Å². The summed E-state index contributed by atoms with van der Waals surface area (Å²) in [6.07, 6.45) is 7.51. The summed E-state index contributed by atoms with van der Waals surface area (Å²) in [6, 6.07) is 10.3. The summed E-state index contributed by atoms with van der Waals surface area (Å²) >= 11 is 0. The summed E-state index contributed by atoms with van der Waals surface area (Å²) < 4.78 is 5.47. The molecule has 2 N–H and O–H groups in total. The van der Waals surface area contributed by atoms with Crippen LogP contribution in [-0.2, 0) is 4.74 Å². The highest BCUT2D eigenvalue weighted by Gasteiger charge is 1.87. The highest BCUT2D eigenvalue weighted by atomic mass is 16.5. The molecule has 0 unspecified atom stereocenters. The van der Waals surface area contributed by atoms with Gasteiger partial charge in [-0.15, -0.1) is 0 Å². The van der Waals surface area contributed by atoms with Gasteiger partial charge in [-0.3, -0.25) is 0 Å². The van der Waals surface area contributed by atoms with Crippen molar-refractivity contribution in [2.45, 2.75) is 19.3 Å². The Balaban J connectivity index is 2.01. The number of benzene rings is 1. The molecule has 0 heterocycles. The summed E-state index contributed by atoms with van der Waals surface area (Å²) in [6.45, 7) is 2.31. The average Bonchev–Trinajstić information content (AvgIpc) is 2.34. The number of rotatable bonds is 8. The first-order valence-electron chi connectivity index (χ1n) is 5.93. The summed E-state index contributed by atoms with van der Waals surface area (Å²) in [5, 5.41) is 0. The minimum atomic E-state index is 0.692. The van der Waals surface area contributed by atoms with E-state index in [0.717, 1.165) is 26.0 Å². The van der Waals surface area contributed by atoms with Crippen molar-refractivity contribution in [2.24, 2.45) is 5.73 Å². The van der Waals surface area contributed by atoms with E-state index < -0.39 is 0 Å². The fraction of sp³-hybridized carbons (Fsp3) is 0.429. The Labute approximate surface area is 98.1 Å². The van der Waals surface area contributed by atoms with Crippen molar-refractivity contribution < 1.29 is 4.74 Å². The van der Waals surface area contributed by atoms with Gasteiger partial charge in [-0.1, -0.05) is 42.5 Å². The van der Waals surface area contributed by atoms with E-state index in [1.165, 1.54) is 12.0 Å². The minimum Gasteiger partial charge on any atom is -0.377 e. The lowest BCUT2D eigenvalue weighted by atomic mass is 10.2. The standard InChI is InChI=1S/C14H21NO/c15-11-5-2-6-12-16-13-7-10-14-8-3-1-4-9-14/h1,3-4,7-10H,2,5-6,11-13,15H2. The SMILES string of the molecule is NCCCCCOCC=Cc1ccccc1. The summed E-state index contributed by atoms with van der Waals surface area (Å²) in [7, 11) is 0. The van der Waals surface area contributed by atoms with Crippen molar-refractivity contribution in [3.63, 3.8) is 0 Å². The van der Waals surface area contributed by atoms with Crippen LogP contribution in [0.1, 0.15) is 24.8 Å². The molecule has 0 amide bonds. The number of hydrogen-bond acceptors (Lipinski definition) is 2. The van der Waals surface area contributed by atoms with Crippen molar-refractivity contribution in [3.8, 4) is 0 Å². The van der Waals surface area contributed by atoms with E-state index in [9.17, 15) is 0 Å². The van der Waals surface area contributed by atoms with E-state index in [1.54, 1.807) is 0 Å². The second-order valence-corrected chi connectivity index (χ2v) is 3.74. The maximum absolute atomic E-state index is 5.47. The van der Waals surface area contributed by atoms with Crippen LogP contribution in [0.2, 0.25) is 0 Å². The Bertz CT molecular complexity index is 282. The summed E-state index contributed by atoms with van der Waals surface area (Å²) in [4.78, 5) is 0. The number of hydrogen-bond donors (Lipinski definition) is 1. The van der Waals surface area contributed by atoms with Crippen LogP contribution in [0.3, 0.4) is 0 Å². The van der Waals surface area contributed by atoms with E-state index in [2.05, 4.69) is 24.3 Å². The van der Waals surface area contributed by atoms with Crippen molar-refractivity contribution in [1.82, 2.24) is 0 Å². The fourth-order valence-corrected chi connectivity index (χ4v) is 1.42. The van der Waals surface area contributed by atoms with Gasteiger partial charge in [0.2, 0.25) is 0 Å². The van der Waals surface area contributed by atoms with Crippen molar-refractivity contribution in [1.29, 1.82) is 0 Å². The number of ether oxygens (including phenoxy) is 1. The number of nitrogens with two attached hydrogens (primary N) is 1. The van der Waals surface area contributed by atoms with Gasteiger partial charge in [0.1, 0.15) is 0 Å². The van der Waals surface area contributed by atoms with E-state index in [0.29, 0.717) is 6.61 Å².